The Hall–Kier alpha value is -2.21. The number of pyridine rings is 1. The average molecular weight is 413 g/mol. The first-order chi connectivity index (χ1) is 14.1. The molecule has 4 rings (SSSR count). The average Bonchev–Trinajstić information content (AvgIpc) is 3.28. The van der Waals surface area contributed by atoms with Crippen molar-refractivity contribution in [2.24, 2.45) is 0 Å². The second kappa shape index (κ2) is 8.66. The summed E-state index contributed by atoms with van der Waals surface area (Å²) in [6.07, 6.45) is 4.13. The van der Waals surface area contributed by atoms with Crippen LogP contribution in [-0.2, 0) is 6.42 Å². The van der Waals surface area contributed by atoms with Gasteiger partial charge in [-0.15, -0.1) is 0 Å². The van der Waals surface area contributed by atoms with E-state index in [-0.39, 0.29) is 5.82 Å². The third-order valence-corrected chi connectivity index (χ3v) is 6.96. The molecule has 29 heavy (non-hydrogen) atoms. The first-order valence-electron chi connectivity index (χ1n) is 10.4. The van der Waals surface area contributed by atoms with Crippen LogP contribution in [0.3, 0.4) is 0 Å². The van der Waals surface area contributed by atoms with Crippen molar-refractivity contribution in [1.82, 2.24) is 9.88 Å². The standard InChI is InChI=1S/C23H29FN4S/c1-4-19-14-17(2)23(25-16-19)27-11-9-26(10-12-27)18(3)21-7-6-20(15-22(21)24)28-8-5-13-29-28/h6-7,14-16H,3-5,8-13H2,1-2H3. The number of halogens is 1. The summed E-state index contributed by atoms with van der Waals surface area (Å²) < 4.78 is 17.0. The highest BCUT2D eigenvalue weighted by atomic mass is 32.2. The minimum atomic E-state index is -0.185. The van der Waals surface area contributed by atoms with E-state index in [1.54, 1.807) is 18.0 Å². The number of benzene rings is 1. The second-order valence-electron chi connectivity index (χ2n) is 7.71. The van der Waals surface area contributed by atoms with Gasteiger partial charge in [-0.25, -0.2) is 9.37 Å². The summed E-state index contributed by atoms with van der Waals surface area (Å²) in [7, 11) is 0. The largest absolute Gasteiger partial charge is 0.368 e. The Labute approximate surface area is 177 Å². The molecule has 2 aromatic rings. The summed E-state index contributed by atoms with van der Waals surface area (Å²) in [6.45, 7) is 12.8. The van der Waals surface area contributed by atoms with Gasteiger partial charge in [0.2, 0.25) is 0 Å². The van der Waals surface area contributed by atoms with Crippen molar-refractivity contribution in [2.45, 2.75) is 26.7 Å². The maximum absolute atomic E-state index is 14.8. The van der Waals surface area contributed by atoms with Gasteiger partial charge >= 0.3 is 0 Å². The predicted molar refractivity (Wildman–Crippen MR) is 122 cm³/mol. The number of aromatic nitrogens is 1. The molecule has 1 aromatic heterocycles. The number of rotatable bonds is 5. The quantitative estimate of drug-likeness (QED) is 0.660. The zero-order chi connectivity index (χ0) is 20.4. The maximum Gasteiger partial charge on any atom is 0.134 e. The van der Waals surface area contributed by atoms with Crippen molar-refractivity contribution < 1.29 is 4.39 Å². The Morgan fingerprint density at radius 2 is 1.97 bits per heavy atom. The number of anilines is 2. The van der Waals surface area contributed by atoms with Gasteiger partial charge in [0.05, 0.1) is 0 Å². The fourth-order valence-corrected chi connectivity index (χ4v) is 5.05. The molecular formula is C23H29FN4S. The molecular weight excluding hydrogens is 383 g/mol. The molecule has 4 nitrogen and oxygen atoms in total. The number of nitrogens with zero attached hydrogens (tertiary/aromatic N) is 4. The lowest BCUT2D eigenvalue weighted by Gasteiger charge is -2.38. The molecule has 0 amide bonds. The van der Waals surface area contributed by atoms with Gasteiger partial charge in [0.15, 0.2) is 0 Å². The Balaban J connectivity index is 1.41. The van der Waals surface area contributed by atoms with E-state index >= 15 is 0 Å². The van der Waals surface area contributed by atoms with Crippen LogP contribution in [0.2, 0.25) is 0 Å². The Kier molecular flexibility index (Phi) is 5.99. The lowest BCUT2D eigenvalue weighted by molar-refractivity contribution is 0.365. The van der Waals surface area contributed by atoms with E-state index in [2.05, 4.69) is 45.6 Å². The molecule has 0 bridgehead atoms. The number of piperazine rings is 1. The van der Waals surface area contributed by atoms with Crippen LogP contribution in [0.4, 0.5) is 15.9 Å². The summed E-state index contributed by atoms with van der Waals surface area (Å²) in [5.41, 5.74) is 4.81. The predicted octanol–water partition coefficient (Wildman–Crippen LogP) is 4.74. The second-order valence-corrected chi connectivity index (χ2v) is 8.82. The highest BCUT2D eigenvalue weighted by Crippen LogP contribution is 2.32. The lowest BCUT2D eigenvalue weighted by atomic mass is 10.1. The minimum Gasteiger partial charge on any atom is -0.368 e. The van der Waals surface area contributed by atoms with E-state index in [1.165, 1.54) is 11.1 Å². The summed E-state index contributed by atoms with van der Waals surface area (Å²) >= 11 is 1.77. The Morgan fingerprint density at radius 1 is 1.17 bits per heavy atom. The van der Waals surface area contributed by atoms with Crippen LogP contribution in [0.1, 0.15) is 30.0 Å². The van der Waals surface area contributed by atoms with Crippen molar-refractivity contribution in [3.05, 3.63) is 59.5 Å². The summed E-state index contributed by atoms with van der Waals surface area (Å²) in [5, 5.41) is 0. The molecule has 0 N–H and O–H groups in total. The molecule has 2 saturated heterocycles. The lowest BCUT2D eigenvalue weighted by Crippen LogP contribution is -2.46. The van der Waals surface area contributed by atoms with Crippen molar-refractivity contribution in [2.75, 3.05) is 47.7 Å². The number of hydrogen-bond acceptors (Lipinski definition) is 5. The van der Waals surface area contributed by atoms with Gasteiger partial charge in [-0.05, 0) is 61.0 Å². The Bertz CT molecular complexity index is 886. The van der Waals surface area contributed by atoms with Gasteiger partial charge in [-0.2, -0.15) is 0 Å². The van der Waals surface area contributed by atoms with Crippen LogP contribution in [-0.4, -0.2) is 48.4 Å². The molecule has 0 atom stereocenters. The fourth-order valence-electron chi connectivity index (χ4n) is 4.05. The molecule has 0 unspecified atom stereocenters. The maximum atomic E-state index is 14.8. The molecule has 0 saturated carbocycles. The molecule has 0 aliphatic carbocycles. The van der Waals surface area contributed by atoms with E-state index < -0.39 is 0 Å². The molecule has 3 heterocycles. The first kappa shape index (κ1) is 20.1. The topological polar surface area (TPSA) is 22.6 Å². The van der Waals surface area contributed by atoms with Gasteiger partial charge in [-0.3, -0.25) is 0 Å². The van der Waals surface area contributed by atoms with Crippen LogP contribution in [0.25, 0.3) is 5.70 Å². The van der Waals surface area contributed by atoms with Crippen LogP contribution in [0, 0.1) is 12.7 Å². The molecule has 2 aliphatic rings. The van der Waals surface area contributed by atoms with Crippen LogP contribution >= 0.6 is 11.9 Å². The molecule has 1 aromatic carbocycles. The molecule has 2 fully saturated rings. The SMILES string of the molecule is C=C(c1ccc(N2CCCS2)cc1F)N1CCN(c2ncc(CC)cc2C)CC1. The van der Waals surface area contributed by atoms with Gasteiger partial charge < -0.3 is 14.1 Å². The first-order valence-corrected chi connectivity index (χ1v) is 11.4. The Morgan fingerprint density at radius 3 is 2.59 bits per heavy atom. The molecule has 2 aliphatic heterocycles. The van der Waals surface area contributed by atoms with Crippen LogP contribution in [0.15, 0.2) is 37.0 Å². The summed E-state index contributed by atoms with van der Waals surface area (Å²) in [6, 6.07) is 7.77. The van der Waals surface area contributed by atoms with Gasteiger partial charge in [0.1, 0.15) is 11.6 Å². The van der Waals surface area contributed by atoms with Crippen molar-refractivity contribution >= 4 is 29.2 Å². The minimum absolute atomic E-state index is 0.185. The van der Waals surface area contributed by atoms with Crippen molar-refractivity contribution in [3.8, 4) is 0 Å². The smallest absolute Gasteiger partial charge is 0.134 e. The van der Waals surface area contributed by atoms with E-state index in [4.69, 9.17) is 0 Å². The molecule has 0 spiro atoms. The molecule has 6 heteroatoms. The zero-order valence-corrected chi connectivity index (χ0v) is 18.1. The molecule has 0 radical (unpaired) electrons. The number of hydrogen-bond donors (Lipinski definition) is 0. The van der Waals surface area contributed by atoms with E-state index in [0.717, 1.165) is 68.5 Å². The zero-order valence-electron chi connectivity index (χ0n) is 17.3. The molecule has 154 valence electrons. The normalized spacial score (nSPS) is 17.1. The van der Waals surface area contributed by atoms with E-state index in [9.17, 15) is 4.39 Å². The fraction of sp³-hybridized carbons (Fsp3) is 0.435. The number of aryl methyl sites for hydroxylation is 2. The van der Waals surface area contributed by atoms with Crippen molar-refractivity contribution in [3.63, 3.8) is 0 Å². The van der Waals surface area contributed by atoms with Gasteiger partial charge in [0.25, 0.3) is 0 Å². The van der Waals surface area contributed by atoms with Crippen LogP contribution < -0.4 is 9.21 Å². The third kappa shape index (κ3) is 4.22. The van der Waals surface area contributed by atoms with Gasteiger partial charge in [-0.1, -0.05) is 19.6 Å². The highest BCUT2D eigenvalue weighted by Gasteiger charge is 2.23. The summed E-state index contributed by atoms with van der Waals surface area (Å²) in [5.74, 6) is 1.98. The van der Waals surface area contributed by atoms with Gasteiger partial charge in [0, 0.05) is 61.6 Å². The van der Waals surface area contributed by atoms with E-state index in [0.29, 0.717) is 5.56 Å². The third-order valence-electron chi connectivity index (χ3n) is 5.78. The highest BCUT2D eigenvalue weighted by molar-refractivity contribution is 8.00. The monoisotopic (exact) mass is 412 g/mol. The van der Waals surface area contributed by atoms with E-state index in [1.807, 2.05) is 18.3 Å². The summed E-state index contributed by atoms with van der Waals surface area (Å²) in [4.78, 5) is 9.19. The van der Waals surface area contributed by atoms with Crippen molar-refractivity contribution in [1.29, 1.82) is 0 Å². The van der Waals surface area contributed by atoms with Crippen LogP contribution in [0.5, 0.6) is 0 Å².